The molecule has 4 aromatic rings. The van der Waals surface area contributed by atoms with Crippen molar-refractivity contribution < 1.29 is 14.1 Å². The molecule has 0 radical (unpaired) electrons. The minimum atomic E-state index is -0.490. The Labute approximate surface area is 186 Å². The number of nitrogens with zero attached hydrogens (tertiary/aromatic N) is 5. The number of nitrogens with one attached hydrogen (secondary N) is 1. The van der Waals surface area contributed by atoms with Crippen molar-refractivity contribution in [3.63, 3.8) is 0 Å². The first-order valence-corrected chi connectivity index (χ1v) is 10.1. The molecular formula is C22H19FN6O4. The van der Waals surface area contributed by atoms with Gasteiger partial charge in [0.2, 0.25) is 5.91 Å². The van der Waals surface area contributed by atoms with Crippen LogP contribution in [0.15, 0.2) is 65.8 Å². The quantitative estimate of drug-likeness (QED) is 0.324. The predicted octanol–water partition coefficient (Wildman–Crippen LogP) is 2.05. The maximum absolute atomic E-state index is 13.0. The Kier molecular flexibility index (Phi) is 6.20. The SMILES string of the molecule is O=C(Cc1ccc(F)cc1)NCCn1ncc2c(=O)n(Cc3cccc([N+](=O)[O-])c3)cnc21. The van der Waals surface area contributed by atoms with Crippen molar-refractivity contribution in [3.05, 3.63) is 98.5 Å². The second-order valence-corrected chi connectivity index (χ2v) is 7.36. The summed E-state index contributed by atoms with van der Waals surface area (Å²) in [6, 6.07) is 11.8. The van der Waals surface area contributed by atoms with Crippen LogP contribution in [0.1, 0.15) is 11.1 Å². The van der Waals surface area contributed by atoms with E-state index in [0.29, 0.717) is 28.7 Å². The fourth-order valence-electron chi connectivity index (χ4n) is 3.39. The van der Waals surface area contributed by atoms with E-state index in [9.17, 15) is 24.1 Å². The van der Waals surface area contributed by atoms with Gasteiger partial charge in [0.15, 0.2) is 5.65 Å². The highest BCUT2D eigenvalue weighted by Crippen LogP contribution is 2.14. The van der Waals surface area contributed by atoms with Gasteiger partial charge >= 0.3 is 0 Å². The summed E-state index contributed by atoms with van der Waals surface area (Å²) in [6.07, 6.45) is 2.91. The third kappa shape index (κ3) is 5.09. The minimum Gasteiger partial charge on any atom is -0.354 e. The Hall–Kier alpha value is -4.41. The van der Waals surface area contributed by atoms with Gasteiger partial charge in [-0.3, -0.25) is 24.3 Å². The van der Waals surface area contributed by atoms with Crippen LogP contribution in [0.25, 0.3) is 11.0 Å². The van der Waals surface area contributed by atoms with Gasteiger partial charge in [-0.1, -0.05) is 24.3 Å². The first-order valence-electron chi connectivity index (χ1n) is 10.1. The first-order chi connectivity index (χ1) is 15.9. The number of fused-ring (bicyclic) bond motifs is 1. The molecule has 0 spiro atoms. The number of halogens is 1. The van der Waals surface area contributed by atoms with E-state index in [1.165, 1.54) is 46.0 Å². The van der Waals surface area contributed by atoms with Crippen LogP contribution in [0.4, 0.5) is 10.1 Å². The number of hydrogen-bond acceptors (Lipinski definition) is 6. The lowest BCUT2D eigenvalue weighted by molar-refractivity contribution is -0.384. The van der Waals surface area contributed by atoms with E-state index in [1.807, 2.05) is 0 Å². The van der Waals surface area contributed by atoms with Crippen molar-refractivity contribution in [1.82, 2.24) is 24.6 Å². The number of benzene rings is 2. The van der Waals surface area contributed by atoms with Gasteiger partial charge in [0, 0.05) is 18.7 Å². The highest BCUT2D eigenvalue weighted by molar-refractivity contribution is 5.78. The third-order valence-electron chi connectivity index (χ3n) is 5.02. The number of carbonyl (C=O) groups is 1. The molecule has 0 aliphatic heterocycles. The summed E-state index contributed by atoms with van der Waals surface area (Å²) in [7, 11) is 0. The number of non-ortho nitro benzene ring substituents is 1. The maximum Gasteiger partial charge on any atom is 0.269 e. The van der Waals surface area contributed by atoms with E-state index in [-0.39, 0.29) is 42.5 Å². The highest BCUT2D eigenvalue weighted by Gasteiger charge is 2.12. The molecule has 2 aromatic heterocycles. The highest BCUT2D eigenvalue weighted by atomic mass is 19.1. The molecule has 0 bridgehead atoms. The van der Waals surface area contributed by atoms with Gasteiger partial charge in [-0.05, 0) is 23.3 Å². The van der Waals surface area contributed by atoms with Crippen molar-refractivity contribution in [1.29, 1.82) is 0 Å². The number of rotatable bonds is 8. The van der Waals surface area contributed by atoms with E-state index < -0.39 is 4.92 Å². The summed E-state index contributed by atoms with van der Waals surface area (Å²) in [4.78, 5) is 39.7. The van der Waals surface area contributed by atoms with Gasteiger partial charge in [0.05, 0.1) is 30.6 Å². The number of carbonyl (C=O) groups excluding carboxylic acids is 1. The fourth-order valence-corrected chi connectivity index (χ4v) is 3.39. The Morgan fingerprint density at radius 2 is 1.94 bits per heavy atom. The average molecular weight is 450 g/mol. The Bertz CT molecular complexity index is 1380. The molecule has 11 heteroatoms. The van der Waals surface area contributed by atoms with Gasteiger partial charge in [0.1, 0.15) is 17.5 Å². The number of amides is 1. The van der Waals surface area contributed by atoms with E-state index in [2.05, 4.69) is 15.4 Å². The normalized spacial score (nSPS) is 10.9. The lowest BCUT2D eigenvalue weighted by atomic mass is 10.1. The maximum atomic E-state index is 13.0. The topological polar surface area (TPSA) is 125 Å². The third-order valence-corrected chi connectivity index (χ3v) is 5.02. The van der Waals surface area contributed by atoms with Gasteiger partial charge in [0.25, 0.3) is 11.2 Å². The van der Waals surface area contributed by atoms with Gasteiger partial charge in [-0.25, -0.2) is 14.1 Å². The van der Waals surface area contributed by atoms with Crippen LogP contribution in [-0.4, -0.2) is 36.7 Å². The molecule has 1 N–H and O–H groups in total. The van der Waals surface area contributed by atoms with Crippen molar-refractivity contribution in [2.45, 2.75) is 19.5 Å². The number of nitro benzene ring substituents is 1. The Morgan fingerprint density at radius 1 is 1.15 bits per heavy atom. The van der Waals surface area contributed by atoms with Crippen LogP contribution >= 0.6 is 0 Å². The zero-order chi connectivity index (χ0) is 23.4. The molecule has 33 heavy (non-hydrogen) atoms. The summed E-state index contributed by atoms with van der Waals surface area (Å²) < 4.78 is 15.8. The monoisotopic (exact) mass is 450 g/mol. The molecule has 0 saturated heterocycles. The molecule has 168 valence electrons. The number of aromatic nitrogens is 4. The zero-order valence-electron chi connectivity index (χ0n) is 17.3. The molecule has 4 rings (SSSR count). The predicted molar refractivity (Wildman–Crippen MR) is 117 cm³/mol. The molecule has 0 unspecified atom stereocenters. The first kappa shape index (κ1) is 21.8. The van der Waals surface area contributed by atoms with Crippen LogP contribution in [0.2, 0.25) is 0 Å². The van der Waals surface area contributed by atoms with Crippen LogP contribution in [0, 0.1) is 15.9 Å². The van der Waals surface area contributed by atoms with Crippen LogP contribution < -0.4 is 10.9 Å². The zero-order valence-corrected chi connectivity index (χ0v) is 17.3. The summed E-state index contributed by atoms with van der Waals surface area (Å²) in [5, 5.41) is 18.2. The van der Waals surface area contributed by atoms with E-state index in [0.717, 1.165) is 0 Å². The Balaban J connectivity index is 1.41. The average Bonchev–Trinajstić information content (AvgIpc) is 3.21. The van der Waals surface area contributed by atoms with Gasteiger partial charge in [-0.2, -0.15) is 5.10 Å². The molecule has 0 aliphatic rings. The fraction of sp³-hybridized carbons (Fsp3) is 0.182. The molecule has 2 aromatic carbocycles. The summed E-state index contributed by atoms with van der Waals surface area (Å²) in [6.45, 7) is 0.712. The van der Waals surface area contributed by atoms with Gasteiger partial charge < -0.3 is 5.32 Å². The van der Waals surface area contributed by atoms with Crippen molar-refractivity contribution in [3.8, 4) is 0 Å². The van der Waals surface area contributed by atoms with Crippen LogP contribution in [-0.2, 0) is 24.3 Å². The molecule has 0 atom stereocenters. The Morgan fingerprint density at radius 3 is 2.70 bits per heavy atom. The van der Waals surface area contributed by atoms with Crippen molar-refractivity contribution in [2.24, 2.45) is 0 Å². The molecule has 2 heterocycles. The standard InChI is InChI=1S/C22H19FN6O4/c23-17-6-4-15(5-7-17)11-20(30)24-8-9-28-21-19(12-26-28)22(31)27(14-25-21)13-16-2-1-3-18(10-16)29(32)33/h1-7,10,12,14H,8-9,11,13H2,(H,24,30). The molecule has 0 aliphatic carbocycles. The lowest BCUT2D eigenvalue weighted by Crippen LogP contribution is -2.29. The molecule has 10 nitrogen and oxygen atoms in total. The van der Waals surface area contributed by atoms with Crippen LogP contribution in [0.5, 0.6) is 0 Å². The van der Waals surface area contributed by atoms with Crippen molar-refractivity contribution >= 4 is 22.6 Å². The smallest absolute Gasteiger partial charge is 0.269 e. The largest absolute Gasteiger partial charge is 0.354 e. The van der Waals surface area contributed by atoms with E-state index >= 15 is 0 Å². The molecule has 0 fully saturated rings. The second kappa shape index (κ2) is 9.39. The molecule has 1 amide bonds. The van der Waals surface area contributed by atoms with Gasteiger partial charge in [-0.15, -0.1) is 0 Å². The minimum absolute atomic E-state index is 0.0520. The molecular weight excluding hydrogens is 431 g/mol. The van der Waals surface area contributed by atoms with Crippen molar-refractivity contribution in [2.75, 3.05) is 6.54 Å². The number of hydrogen-bond donors (Lipinski definition) is 1. The second-order valence-electron chi connectivity index (χ2n) is 7.36. The summed E-state index contributed by atoms with van der Waals surface area (Å²) in [5.41, 5.74) is 1.30. The lowest BCUT2D eigenvalue weighted by Gasteiger charge is -2.08. The summed E-state index contributed by atoms with van der Waals surface area (Å²) >= 11 is 0. The number of nitro groups is 1. The van der Waals surface area contributed by atoms with Crippen LogP contribution in [0.3, 0.4) is 0 Å². The molecule has 0 saturated carbocycles. The van der Waals surface area contributed by atoms with E-state index in [4.69, 9.17) is 0 Å². The summed E-state index contributed by atoms with van der Waals surface area (Å²) in [5.74, 6) is -0.577. The van der Waals surface area contributed by atoms with E-state index in [1.54, 1.807) is 24.3 Å².